The molecular formula is C22H28N2O5. The number of carbonyl (C=O) groups excluding carboxylic acids is 3. The summed E-state index contributed by atoms with van der Waals surface area (Å²) in [5, 5.41) is 0. The number of primary amides is 1. The van der Waals surface area contributed by atoms with Gasteiger partial charge in [-0.15, -0.1) is 0 Å². The van der Waals surface area contributed by atoms with Gasteiger partial charge < -0.3 is 20.1 Å². The Hall–Kier alpha value is -2.25. The van der Waals surface area contributed by atoms with Crippen LogP contribution in [0.1, 0.15) is 53.9 Å². The first kappa shape index (κ1) is 20.0. The second kappa shape index (κ2) is 8.24. The molecule has 0 spiro atoms. The average molecular weight is 400 g/mol. The second-order valence-corrected chi connectivity index (χ2v) is 8.28. The van der Waals surface area contributed by atoms with Crippen molar-refractivity contribution in [2.45, 2.75) is 56.3 Å². The molecule has 4 rings (SSSR count). The lowest BCUT2D eigenvalue weighted by Gasteiger charge is -2.34. The summed E-state index contributed by atoms with van der Waals surface area (Å²) in [5.41, 5.74) is 6.68. The number of nitrogens with zero attached hydrogens (tertiary/aromatic N) is 1. The quantitative estimate of drug-likeness (QED) is 0.810. The number of ketones is 1. The third kappa shape index (κ3) is 3.57. The molecule has 2 aliphatic heterocycles. The first-order valence-electron chi connectivity index (χ1n) is 10.4. The van der Waals surface area contributed by atoms with Gasteiger partial charge in [0.1, 0.15) is 24.9 Å². The van der Waals surface area contributed by atoms with E-state index in [2.05, 4.69) is 0 Å². The third-order valence-electron chi connectivity index (χ3n) is 6.67. The smallest absolute Gasteiger partial charge is 0.249 e. The van der Waals surface area contributed by atoms with E-state index in [0.717, 1.165) is 32.1 Å². The van der Waals surface area contributed by atoms with Gasteiger partial charge in [0.15, 0.2) is 5.78 Å². The first-order chi connectivity index (χ1) is 14.0. The lowest BCUT2D eigenvalue weighted by molar-refractivity contribution is -0.139. The highest BCUT2D eigenvalue weighted by atomic mass is 16.5. The number of ether oxygens (including phenoxy) is 2. The van der Waals surface area contributed by atoms with Crippen LogP contribution in [0, 0.1) is 5.92 Å². The number of carbonyl (C=O) groups is 3. The van der Waals surface area contributed by atoms with E-state index >= 15 is 0 Å². The summed E-state index contributed by atoms with van der Waals surface area (Å²) in [6, 6.07) is 6.48. The van der Waals surface area contributed by atoms with Crippen molar-refractivity contribution in [3.63, 3.8) is 0 Å². The zero-order valence-corrected chi connectivity index (χ0v) is 16.7. The summed E-state index contributed by atoms with van der Waals surface area (Å²) in [7, 11) is 1.57. The molecule has 0 radical (unpaired) electrons. The lowest BCUT2D eigenvalue weighted by Crippen LogP contribution is -2.46. The van der Waals surface area contributed by atoms with Crippen LogP contribution >= 0.6 is 0 Å². The largest absolute Gasteiger partial charge is 0.377 e. The molecule has 7 heteroatoms. The number of likely N-dealkylation sites (tertiary alicyclic amines) is 1. The zero-order chi connectivity index (χ0) is 20.5. The van der Waals surface area contributed by atoms with E-state index in [1.165, 1.54) is 0 Å². The Labute approximate surface area is 170 Å². The first-order valence-corrected chi connectivity index (χ1v) is 10.4. The minimum atomic E-state index is -0.612. The zero-order valence-electron chi connectivity index (χ0n) is 16.7. The molecule has 2 amide bonds. The van der Waals surface area contributed by atoms with Gasteiger partial charge in [-0.1, -0.05) is 37.5 Å². The van der Waals surface area contributed by atoms with E-state index in [1.807, 2.05) is 12.1 Å². The van der Waals surface area contributed by atoms with Crippen molar-refractivity contribution in [1.29, 1.82) is 0 Å². The normalized spacial score (nSPS) is 28.4. The van der Waals surface area contributed by atoms with E-state index in [-0.39, 0.29) is 30.3 Å². The van der Waals surface area contributed by atoms with Gasteiger partial charge >= 0.3 is 0 Å². The van der Waals surface area contributed by atoms with Crippen molar-refractivity contribution >= 4 is 17.6 Å². The molecule has 0 unspecified atom stereocenters. The number of rotatable bonds is 5. The molecule has 1 saturated carbocycles. The Bertz CT molecular complexity index is 804. The molecule has 29 heavy (non-hydrogen) atoms. The van der Waals surface area contributed by atoms with Crippen molar-refractivity contribution in [3.05, 3.63) is 35.4 Å². The monoisotopic (exact) mass is 400 g/mol. The molecule has 2 heterocycles. The Morgan fingerprint density at radius 3 is 2.62 bits per heavy atom. The van der Waals surface area contributed by atoms with Gasteiger partial charge in [0.05, 0.1) is 12.5 Å². The molecule has 4 atom stereocenters. The Morgan fingerprint density at radius 2 is 1.93 bits per heavy atom. The topological polar surface area (TPSA) is 98.9 Å². The number of Topliss-reactive ketones (excluding diaryl/α,β-unsaturated/α-hetero) is 1. The molecule has 3 aliphatic rings. The predicted molar refractivity (Wildman–Crippen MR) is 105 cm³/mol. The standard InChI is InChI=1S/C22H28N2O5/c1-28-17-11-24(19-16(25)12-29-20(17)19)22(27)18(13-7-3-2-4-8-13)14-9-5-6-10-15(14)21(23)26/h5-6,9-10,13,17-20H,2-4,7-8,11-12H2,1H3,(H2,23,26)/t17-,18-,19+,20+/m0/s1. The summed E-state index contributed by atoms with van der Waals surface area (Å²) < 4.78 is 11.1. The molecule has 1 aromatic rings. The molecule has 1 aliphatic carbocycles. The fourth-order valence-corrected chi connectivity index (χ4v) is 5.27. The van der Waals surface area contributed by atoms with Gasteiger partial charge in [-0.3, -0.25) is 14.4 Å². The summed E-state index contributed by atoms with van der Waals surface area (Å²) >= 11 is 0. The minimum absolute atomic E-state index is 0.00490. The van der Waals surface area contributed by atoms with Crippen LogP contribution in [0.4, 0.5) is 0 Å². The maximum absolute atomic E-state index is 13.9. The molecule has 2 N–H and O–H groups in total. The predicted octanol–water partition coefficient (Wildman–Crippen LogP) is 1.64. The lowest BCUT2D eigenvalue weighted by atomic mass is 9.74. The number of hydrogen-bond donors (Lipinski definition) is 1. The van der Waals surface area contributed by atoms with Crippen LogP contribution in [0.25, 0.3) is 0 Å². The van der Waals surface area contributed by atoms with Crippen molar-refractivity contribution in [3.8, 4) is 0 Å². The number of benzene rings is 1. The number of amides is 2. The van der Waals surface area contributed by atoms with Crippen LogP contribution in [-0.2, 0) is 19.1 Å². The van der Waals surface area contributed by atoms with Gasteiger partial charge in [-0.05, 0) is 30.4 Å². The van der Waals surface area contributed by atoms with Gasteiger partial charge in [-0.25, -0.2) is 0 Å². The number of fused-ring (bicyclic) bond motifs is 1. The van der Waals surface area contributed by atoms with Gasteiger partial charge in [0.25, 0.3) is 0 Å². The van der Waals surface area contributed by atoms with Crippen LogP contribution in [0.3, 0.4) is 0 Å². The van der Waals surface area contributed by atoms with Crippen LogP contribution in [0.15, 0.2) is 24.3 Å². The van der Waals surface area contributed by atoms with E-state index in [9.17, 15) is 14.4 Å². The summed E-state index contributed by atoms with van der Waals surface area (Å²) in [6.45, 7) is 0.323. The van der Waals surface area contributed by atoms with Crippen molar-refractivity contribution in [2.75, 3.05) is 20.3 Å². The SMILES string of the molecule is CO[C@H]1CN(C(=O)[C@H](c2ccccc2C(N)=O)C2CCCCC2)[C@@H]2C(=O)CO[C@H]12. The highest BCUT2D eigenvalue weighted by Crippen LogP contribution is 2.41. The van der Waals surface area contributed by atoms with Crippen LogP contribution in [0.2, 0.25) is 0 Å². The van der Waals surface area contributed by atoms with Crippen LogP contribution in [0.5, 0.6) is 0 Å². The van der Waals surface area contributed by atoms with Crippen LogP contribution in [-0.4, -0.2) is 61.0 Å². The van der Waals surface area contributed by atoms with E-state index in [0.29, 0.717) is 17.7 Å². The molecule has 2 saturated heterocycles. The Balaban J connectivity index is 1.73. The second-order valence-electron chi connectivity index (χ2n) is 8.28. The van der Waals surface area contributed by atoms with Gasteiger partial charge in [-0.2, -0.15) is 0 Å². The van der Waals surface area contributed by atoms with E-state index in [4.69, 9.17) is 15.2 Å². The van der Waals surface area contributed by atoms with E-state index in [1.54, 1.807) is 24.1 Å². The van der Waals surface area contributed by atoms with Crippen molar-refractivity contribution in [2.24, 2.45) is 11.7 Å². The molecule has 0 aromatic heterocycles. The average Bonchev–Trinajstić information content (AvgIpc) is 3.30. The highest BCUT2D eigenvalue weighted by Gasteiger charge is 2.54. The maximum Gasteiger partial charge on any atom is 0.249 e. The number of nitrogens with two attached hydrogens (primary N) is 1. The summed E-state index contributed by atoms with van der Waals surface area (Å²) in [6.07, 6.45) is 4.36. The molecule has 156 valence electrons. The highest BCUT2D eigenvalue weighted by molar-refractivity contribution is 5.99. The fraction of sp³-hybridized carbons (Fsp3) is 0.591. The minimum Gasteiger partial charge on any atom is -0.377 e. The summed E-state index contributed by atoms with van der Waals surface area (Å²) in [4.78, 5) is 40.1. The Kier molecular flexibility index (Phi) is 5.69. The van der Waals surface area contributed by atoms with E-state index < -0.39 is 24.0 Å². The molecule has 3 fully saturated rings. The van der Waals surface area contributed by atoms with Gasteiger partial charge in [0.2, 0.25) is 11.8 Å². The van der Waals surface area contributed by atoms with Crippen molar-refractivity contribution in [1.82, 2.24) is 4.90 Å². The molecular weight excluding hydrogens is 372 g/mol. The van der Waals surface area contributed by atoms with Crippen molar-refractivity contribution < 1.29 is 23.9 Å². The number of hydrogen-bond acceptors (Lipinski definition) is 5. The molecule has 0 bridgehead atoms. The maximum atomic E-state index is 13.9. The Morgan fingerprint density at radius 1 is 1.21 bits per heavy atom. The molecule has 7 nitrogen and oxygen atoms in total. The summed E-state index contributed by atoms with van der Waals surface area (Å²) in [5.74, 6) is -1.13. The number of methoxy groups -OCH3 is 1. The van der Waals surface area contributed by atoms with Gasteiger partial charge in [0, 0.05) is 12.7 Å². The van der Waals surface area contributed by atoms with Crippen LogP contribution < -0.4 is 5.73 Å². The fourth-order valence-electron chi connectivity index (χ4n) is 5.27. The molecule has 1 aromatic carbocycles. The third-order valence-corrected chi connectivity index (χ3v) is 6.67.